The zero-order valence-electron chi connectivity index (χ0n) is 19.0. The van der Waals surface area contributed by atoms with Crippen molar-refractivity contribution < 1.29 is 9.59 Å². The lowest BCUT2D eigenvalue weighted by Crippen LogP contribution is -2.47. The molecular formula is C28H30N4O2. The maximum absolute atomic E-state index is 13.0. The van der Waals surface area contributed by atoms with E-state index in [-0.39, 0.29) is 18.4 Å². The molecule has 3 aromatic carbocycles. The first-order valence-corrected chi connectivity index (χ1v) is 11.5. The van der Waals surface area contributed by atoms with Crippen LogP contribution in [-0.4, -0.2) is 28.9 Å². The Morgan fingerprint density at radius 1 is 0.824 bits per heavy atom. The molecule has 0 bridgehead atoms. The summed E-state index contributed by atoms with van der Waals surface area (Å²) >= 11 is 0. The van der Waals surface area contributed by atoms with Crippen molar-refractivity contribution in [3.05, 3.63) is 108 Å². The van der Waals surface area contributed by atoms with Crippen molar-refractivity contribution in [2.75, 3.05) is 0 Å². The van der Waals surface area contributed by atoms with Crippen molar-refractivity contribution in [1.82, 2.24) is 15.6 Å². The first-order chi connectivity index (χ1) is 16.6. The largest absolute Gasteiger partial charge is 0.368 e. The summed E-state index contributed by atoms with van der Waals surface area (Å²) in [6.07, 6.45) is 3.29. The highest BCUT2D eigenvalue weighted by atomic mass is 16.2. The summed E-state index contributed by atoms with van der Waals surface area (Å²) in [5.74, 6) is -0.740. The van der Waals surface area contributed by atoms with Gasteiger partial charge in [-0.3, -0.25) is 9.59 Å². The first kappa shape index (κ1) is 23.3. The molecule has 1 heterocycles. The number of fused-ring (bicyclic) bond motifs is 1. The molecule has 0 spiro atoms. The van der Waals surface area contributed by atoms with Crippen LogP contribution in [0.2, 0.25) is 0 Å². The molecule has 174 valence electrons. The number of primary amides is 1. The average molecular weight is 455 g/mol. The van der Waals surface area contributed by atoms with E-state index in [1.807, 2.05) is 72.9 Å². The number of rotatable bonds is 11. The van der Waals surface area contributed by atoms with E-state index in [1.165, 1.54) is 0 Å². The summed E-state index contributed by atoms with van der Waals surface area (Å²) in [4.78, 5) is 28.3. The molecule has 6 nitrogen and oxygen atoms in total. The molecule has 4 rings (SSSR count). The van der Waals surface area contributed by atoms with Gasteiger partial charge >= 0.3 is 0 Å². The molecule has 5 N–H and O–H groups in total. The molecule has 0 unspecified atom stereocenters. The van der Waals surface area contributed by atoms with Gasteiger partial charge in [-0.2, -0.15) is 0 Å². The number of benzene rings is 3. The summed E-state index contributed by atoms with van der Waals surface area (Å²) < 4.78 is 0. The zero-order valence-corrected chi connectivity index (χ0v) is 19.0. The van der Waals surface area contributed by atoms with Gasteiger partial charge in [0, 0.05) is 42.5 Å². The molecule has 0 saturated heterocycles. The summed E-state index contributed by atoms with van der Waals surface area (Å²) in [6.45, 7) is 0.623. The first-order valence-electron chi connectivity index (χ1n) is 11.5. The molecule has 0 radical (unpaired) electrons. The minimum absolute atomic E-state index is 0.110. The monoisotopic (exact) mass is 454 g/mol. The quantitative estimate of drug-likeness (QED) is 0.279. The Morgan fingerprint density at radius 3 is 2.12 bits per heavy atom. The van der Waals surface area contributed by atoms with Crippen LogP contribution in [0.5, 0.6) is 0 Å². The third-order valence-electron chi connectivity index (χ3n) is 5.97. The maximum atomic E-state index is 13.0. The number of aromatic amines is 1. The third-order valence-corrected chi connectivity index (χ3v) is 5.97. The molecule has 4 aromatic rings. The van der Waals surface area contributed by atoms with Gasteiger partial charge in [0.1, 0.15) is 6.04 Å². The summed E-state index contributed by atoms with van der Waals surface area (Å²) in [5, 5.41) is 7.55. The number of nitrogens with one attached hydrogen (secondary N) is 3. The average Bonchev–Trinajstić information content (AvgIpc) is 3.26. The van der Waals surface area contributed by atoms with Crippen molar-refractivity contribution in [1.29, 1.82) is 0 Å². The Kier molecular flexibility index (Phi) is 7.73. The number of carbonyl (C=O) groups is 2. The fraction of sp³-hybridized carbons (Fsp3) is 0.214. The molecular weight excluding hydrogens is 424 g/mol. The van der Waals surface area contributed by atoms with Crippen LogP contribution in [0, 0.1) is 0 Å². The van der Waals surface area contributed by atoms with E-state index in [0.717, 1.165) is 27.6 Å². The van der Waals surface area contributed by atoms with Gasteiger partial charge in [-0.15, -0.1) is 0 Å². The highest BCUT2D eigenvalue weighted by molar-refractivity contribution is 5.87. The van der Waals surface area contributed by atoms with Gasteiger partial charge in [0.2, 0.25) is 11.8 Å². The van der Waals surface area contributed by atoms with Crippen LogP contribution in [-0.2, 0) is 29.0 Å². The van der Waals surface area contributed by atoms with Gasteiger partial charge in [0.05, 0.1) is 0 Å². The van der Waals surface area contributed by atoms with Gasteiger partial charge in [-0.25, -0.2) is 0 Å². The van der Waals surface area contributed by atoms with Crippen LogP contribution in [0.25, 0.3) is 10.9 Å². The third kappa shape index (κ3) is 6.33. The van der Waals surface area contributed by atoms with Gasteiger partial charge in [-0.1, -0.05) is 78.9 Å². The SMILES string of the molecule is NC(=O)[C@H](Cc1ccccc1)NC(=O)C[C@H](Cc1ccccc1)NCc1c[nH]c2ccccc12. The number of nitrogens with two attached hydrogens (primary N) is 1. The zero-order chi connectivity index (χ0) is 23.8. The topological polar surface area (TPSA) is 100 Å². The Morgan fingerprint density at radius 2 is 1.44 bits per heavy atom. The molecule has 0 saturated carbocycles. The van der Waals surface area contributed by atoms with E-state index in [0.29, 0.717) is 19.4 Å². The standard InChI is InChI=1S/C28H30N4O2/c29-28(34)26(16-21-11-5-2-6-12-21)32-27(33)17-23(15-20-9-3-1-4-10-20)30-18-22-19-31-25-14-8-7-13-24(22)25/h1-14,19,23,26,30-31H,15-18H2,(H2,29,34)(H,32,33)/t23-,26-/m0/s1. The van der Waals surface area contributed by atoms with E-state index in [4.69, 9.17) is 5.73 Å². The van der Waals surface area contributed by atoms with Crippen LogP contribution >= 0.6 is 0 Å². The predicted octanol–water partition coefficient (Wildman–Crippen LogP) is 3.47. The van der Waals surface area contributed by atoms with Crippen LogP contribution in [0.1, 0.15) is 23.1 Å². The van der Waals surface area contributed by atoms with E-state index in [9.17, 15) is 9.59 Å². The number of hydrogen-bond donors (Lipinski definition) is 4. The van der Waals surface area contributed by atoms with E-state index >= 15 is 0 Å². The number of amides is 2. The molecule has 6 heteroatoms. The van der Waals surface area contributed by atoms with Crippen LogP contribution in [0.15, 0.2) is 91.1 Å². The van der Waals surface area contributed by atoms with Crippen molar-refractivity contribution >= 4 is 22.7 Å². The Balaban J connectivity index is 1.43. The lowest BCUT2D eigenvalue weighted by atomic mass is 10.0. The molecule has 0 fully saturated rings. The number of para-hydroxylation sites is 1. The Hall–Kier alpha value is -3.90. The fourth-order valence-corrected chi connectivity index (χ4v) is 4.20. The molecule has 2 atom stereocenters. The molecule has 1 aromatic heterocycles. The van der Waals surface area contributed by atoms with Crippen molar-refractivity contribution in [3.8, 4) is 0 Å². The minimum Gasteiger partial charge on any atom is -0.368 e. The fourth-order valence-electron chi connectivity index (χ4n) is 4.20. The van der Waals surface area contributed by atoms with Crippen LogP contribution in [0.4, 0.5) is 0 Å². The van der Waals surface area contributed by atoms with Gasteiger partial charge in [-0.05, 0) is 29.2 Å². The van der Waals surface area contributed by atoms with E-state index in [1.54, 1.807) is 0 Å². The summed E-state index contributed by atoms with van der Waals surface area (Å²) in [5.41, 5.74) is 9.91. The van der Waals surface area contributed by atoms with E-state index < -0.39 is 11.9 Å². The van der Waals surface area contributed by atoms with Gasteiger partial charge in [0.25, 0.3) is 0 Å². The second-order valence-corrected chi connectivity index (χ2v) is 8.54. The smallest absolute Gasteiger partial charge is 0.240 e. The van der Waals surface area contributed by atoms with Gasteiger partial charge < -0.3 is 21.4 Å². The molecule has 0 aliphatic rings. The minimum atomic E-state index is -0.749. The lowest BCUT2D eigenvalue weighted by Gasteiger charge is -2.21. The lowest BCUT2D eigenvalue weighted by molar-refractivity contribution is -0.127. The van der Waals surface area contributed by atoms with Crippen LogP contribution in [0.3, 0.4) is 0 Å². The molecule has 0 aliphatic heterocycles. The summed E-state index contributed by atoms with van der Waals surface area (Å²) in [6, 6.07) is 26.9. The molecule has 2 amide bonds. The number of H-pyrrole nitrogens is 1. The maximum Gasteiger partial charge on any atom is 0.240 e. The highest BCUT2D eigenvalue weighted by Crippen LogP contribution is 2.18. The number of aromatic nitrogens is 1. The van der Waals surface area contributed by atoms with E-state index in [2.05, 4.69) is 33.8 Å². The van der Waals surface area contributed by atoms with Crippen molar-refractivity contribution in [2.24, 2.45) is 5.73 Å². The normalized spacial score (nSPS) is 12.8. The predicted molar refractivity (Wildman–Crippen MR) is 135 cm³/mol. The van der Waals surface area contributed by atoms with Crippen molar-refractivity contribution in [3.63, 3.8) is 0 Å². The number of carbonyl (C=O) groups excluding carboxylic acids is 2. The Bertz CT molecular complexity index is 1220. The summed E-state index contributed by atoms with van der Waals surface area (Å²) in [7, 11) is 0. The second kappa shape index (κ2) is 11.3. The van der Waals surface area contributed by atoms with Crippen LogP contribution < -0.4 is 16.4 Å². The van der Waals surface area contributed by atoms with Crippen molar-refractivity contribution in [2.45, 2.75) is 37.9 Å². The highest BCUT2D eigenvalue weighted by Gasteiger charge is 2.21. The molecule has 34 heavy (non-hydrogen) atoms. The van der Waals surface area contributed by atoms with Gasteiger partial charge in [0.15, 0.2) is 0 Å². The molecule has 0 aliphatic carbocycles. The Labute approximate surface area is 199 Å². The second-order valence-electron chi connectivity index (χ2n) is 8.54. The number of hydrogen-bond acceptors (Lipinski definition) is 3.